The molecule has 0 radical (unpaired) electrons. The summed E-state index contributed by atoms with van der Waals surface area (Å²) in [6.45, 7) is 4.01. The van der Waals surface area contributed by atoms with Crippen LogP contribution in [0.3, 0.4) is 0 Å². The Morgan fingerprint density at radius 1 is 1.18 bits per heavy atom. The van der Waals surface area contributed by atoms with Gasteiger partial charge in [0.25, 0.3) is 11.6 Å². The summed E-state index contributed by atoms with van der Waals surface area (Å²) in [6, 6.07) is 19.0. The van der Waals surface area contributed by atoms with Gasteiger partial charge >= 0.3 is 0 Å². The van der Waals surface area contributed by atoms with E-state index in [0.29, 0.717) is 27.0 Å². The van der Waals surface area contributed by atoms with Crippen molar-refractivity contribution in [2.45, 2.75) is 20.5 Å². The Bertz CT molecular complexity index is 1300. The fraction of sp³-hybridized carbons (Fsp3) is 0.120. The third kappa shape index (κ3) is 6.28. The summed E-state index contributed by atoms with van der Waals surface area (Å²) in [4.78, 5) is 23.0. The molecule has 0 saturated heterocycles. The molecule has 0 aliphatic heterocycles. The van der Waals surface area contributed by atoms with Gasteiger partial charge in [-0.3, -0.25) is 14.9 Å². The maximum atomic E-state index is 12.6. The Morgan fingerprint density at radius 2 is 1.97 bits per heavy atom. The van der Waals surface area contributed by atoms with Crippen molar-refractivity contribution in [3.63, 3.8) is 0 Å². The number of nitro groups is 1. The quantitative estimate of drug-likeness (QED) is 0.181. The molecule has 1 amide bonds. The van der Waals surface area contributed by atoms with Crippen LogP contribution >= 0.6 is 15.9 Å². The highest BCUT2D eigenvalue weighted by molar-refractivity contribution is 9.10. The van der Waals surface area contributed by atoms with Crippen molar-refractivity contribution < 1.29 is 14.5 Å². The first-order valence-electron chi connectivity index (χ1n) is 9.93. The summed E-state index contributed by atoms with van der Waals surface area (Å²) in [7, 11) is 0. The van der Waals surface area contributed by atoms with Crippen molar-refractivity contribution in [3.05, 3.63) is 103 Å². The van der Waals surface area contributed by atoms with Crippen LogP contribution in [-0.4, -0.2) is 10.8 Å². The molecule has 166 valence electrons. The zero-order chi connectivity index (χ0) is 24.0. The van der Waals surface area contributed by atoms with Gasteiger partial charge in [-0.15, -0.1) is 0 Å². The number of benzene rings is 3. The SMILES string of the molecule is Cc1ccc(NC(=O)/C(C#N)=C/c2ccc(OCc3cccc([N+](=O)[O-])c3)c(Br)c2)c(C)c1. The maximum absolute atomic E-state index is 12.6. The molecule has 3 aromatic rings. The molecule has 0 saturated carbocycles. The Balaban J connectivity index is 1.72. The molecule has 0 bridgehead atoms. The third-order valence-electron chi connectivity index (χ3n) is 4.78. The van der Waals surface area contributed by atoms with Gasteiger partial charge in [0.2, 0.25) is 0 Å². The van der Waals surface area contributed by atoms with Gasteiger partial charge in [-0.05, 0) is 70.7 Å². The summed E-state index contributed by atoms with van der Waals surface area (Å²) >= 11 is 3.43. The normalized spacial score (nSPS) is 10.9. The van der Waals surface area contributed by atoms with Crippen LogP contribution in [-0.2, 0) is 11.4 Å². The minimum atomic E-state index is -0.494. The standard InChI is InChI=1S/C25H20BrN3O4/c1-16-6-8-23(17(2)10-16)28-25(30)20(14-27)11-18-7-9-24(22(26)13-18)33-15-19-4-3-5-21(12-19)29(31)32/h3-13H,15H2,1-2H3,(H,28,30)/b20-11+. The zero-order valence-corrected chi connectivity index (χ0v) is 19.5. The molecular weight excluding hydrogens is 486 g/mol. The first kappa shape index (κ1) is 23.7. The van der Waals surface area contributed by atoms with Crippen LogP contribution in [0.15, 0.2) is 70.7 Å². The first-order valence-corrected chi connectivity index (χ1v) is 10.7. The second kappa shape index (κ2) is 10.6. The van der Waals surface area contributed by atoms with Crippen LogP contribution in [0, 0.1) is 35.3 Å². The van der Waals surface area contributed by atoms with Crippen molar-refractivity contribution in [2.75, 3.05) is 5.32 Å². The highest BCUT2D eigenvalue weighted by atomic mass is 79.9. The Morgan fingerprint density at radius 3 is 2.64 bits per heavy atom. The van der Waals surface area contributed by atoms with E-state index in [1.807, 2.05) is 38.1 Å². The Hall–Kier alpha value is -3.96. The fourth-order valence-corrected chi connectivity index (χ4v) is 3.61. The second-order valence-corrected chi connectivity index (χ2v) is 8.20. The van der Waals surface area contributed by atoms with Crippen molar-refractivity contribution in [1.82, 2.24) is 0 Å². The van der Waals surface area contributed by atoms with Crippen molar-refractivity contribution >= 4 is 39.3 Å². The van der Waals surface area contributed by atoms with E-state index in [1.165, 1.54) is 18.2 Å². The maximum Gasteiger partial charge on any atom is 0.269 e. The molecule has 0 unspecified atom stereocenters. The molecule has 8 heteroatoms. The molecule has 0 fully saturated rings. The summed E-state index contributed by atoms with van der Waals surface area (Å²) < 4.78 is 6.38. The topological polar surface area (TPSA) is 105 Å². The third-order valence-corrected chi connectivity index (χ3v) is 5.40. The predicted molar refractivity (Wildman–Crippen MR) is 130 cm³/mol. The lowest BCUT2D eigenvalue weighted by Gasteiger charge is -2.10. The number of nitrogens with one attached hydrogen (secondary N) is 1. The summed E-state index contributed by atoms with van der Waals surface area (Å²) in [6.07, 6.45) is 1.49. The van der Waals surface area contributed by atoms with Crippen LogP contribution in [0.25, 0.3) is 6.08 Å². The van der Waals surface area contributed by atoms with Crippen LogP contribution in [0.4, 0.5) is 11.4 Å². The minimum Gasteiger partial charge on any atom is -0.488 e. The van der Waals surface area contributed by atoms with Gasteiger partial charge in [-0.25, -0.2) is 0 Å². The number of ether oxygens (including phenoxy) is 1. The minimum absolute atomic E-state index is 0.00112. The van der Waals surface area contributed by atoms with Gasteiger partial charge in [0.1, 0.15) is 24.0 Å². The number of carbonyl (C=O) groups excluding carboxylic acids is 1. The summed E-state index contributed by atoms with van der Waals surface area (Å²) in [5.41, 5.74) is 3.91. The average molecular weight is 506 g/mol. The number of halogens is 1. The van der Waals surface area contributed by atoms with Gasteiger partial charge in [-0.1, -0.05) is 35.9 Å². The molecule has 0 aromatic heterocycles. The van der Waals surface area contributed by atoms with E-state index in [9.17, 15) is 20.2 Å². The van der Waals surface area contributed by atoms with E-state index in [1.54, 1.807) is 30.3 Å². The van der Waals surface area contributed by atoms with Gasteiger partial charge in [-0.2, -0.15) is 5.26 Å². The van der Waals surface area contributed by atoms with Gasteiger partial charge in [0, 0.05) is 17.8 Å². The van der Waals surface area contributed by atoms with Crippen molar-refractivity contribution in [2.24, 2.45) is 0 Å². The number of rotatable bonds is 7. The average Bonchev–Trinajstić information content (AvgIpc) is 2.78. The predicted octanol–water partition coefficient (Wildman–Crippen LogP) is 6.10. The lowest BCUT2D eigenvalue weighted by Crippen LogP contribution is -2.14. The molecule has 0 atom stereocenters. The van der Waals surface area contributed by atoms with Crippen molar-refractivity contribution in [3.8, 4) is 11.8 Å². The van der Waals surface area contributed by atoms with Gasteiger partial charge in [0.05, 0.1) is 9.40 Å². The summed E-state index contributed by atoms with van der Waals surface area (Å²) in [5.74, 6) is 0.0310. The second-order valence-electron chi connectivity index (χ2n) is 7.35. The van der Waals surface area contributed by atoms with E-state index >= 15 is 0 Å². The molecule has 1 N–H and O–H groups in total. The van der Waals surface area contributed by atoms with E-state index in [-0.39, 0.29) is 17.9 Å². The van der Waals surface area contributed by atoms with E-state index < -0.39 is 10.8 Å². The number of hydrogen-bond donors (Lipinski definition) is 1. The monoisotopic (exact) mass is 505 g/mol. The lowest BCUT2D eigenvalue weighted by molar-refractivity contribution is -0.384. The fourth-order valence-electron chi connectivity index (χ4n) is 3.10. The molecule has 0 spiro atoms. The van der Waals surface area contributed by atoms with E-state index in [2.05, 4.69) is 21.2 Å². The molecule has 0 aliphatic rings. The van der Waals surface area contributed by atoms with Gasteiger partial charge in [0.15, 0.2) is 0 Å². The number of nitro benzene ring substituents is 1. The van der Waals surface area contributed by atoms with E-state index in [4.69, 9.17) is 4.74 Å². The highest BCUT2D eigenvalue weighted by Crippen LogP contribution is 2.28. The van der Waals surface area contributed by atoms with Crippen LogP contribution in [0.1, 0.15) is 22.3 Å². The molecule has 3 aromatic carbocycles. The number of amides is 1. The van der Waals surface area contributed by atoms with Crippen LogP contribution < -0.4 is 10.1 Å². The molecule has 0 heterocycles. The molecule has 7 nitrogen and oxygen atoms in total. The lowest BCUT2D eigenvalue weighted by atomic mass is 10.1. The number of non-ortho nitro benzene ring substituents is 1. The zero-order valence-electron chi connectivity index (χ0n) is 18.0. The number of hydrogen-bond acceptors (Lipinski definition) is 5. The van der Waals surface area contributed by atoms with Crippen LogP contribution in [0.5, 0.6) is 5.75 Å². The Labute approximate surface area is 199 Å². The molecule has 0 aliphatic carbocycles. The van der Waals surface area contributed by atoms with Crippen LogP contribution in [0.2, 0.25) is 0 Å². The molecular formula is C25H20BrN3O4. The van der Waals surface area contributed by atoms with Crippen molar-refractivity contribution in [1.29, 1.82) is 5.26 Å². The number of nitriles is 1. The van der Waals surface area contributed by atoms with Gasteiger partial charge < -0.3 is 10.1 Å². The highest BCUT2D eigenvalue weighted by Gasteiger charge is 2.12. The number of aryl methyl sites for hydroxylation is 2. The number of carbonyl (C=O) groups is 1. The van der Waals surface area contributed by atoms with E-state index in [0.717, 1.165) is 11.1 Å². The largest absolute Gasteiger partial charge is 0.488 e. The Kier molecular flexibility index (Phi) is 7.59. The number of nitrogens with zero attached hydrogens (tertiary/aromatic N) is 2. The molecule has 3 rings (SSSR count). The summed E-state index contributed by atoms with van der Waals surface area (Å²) in [5, 5.41) is 23.2. The molecule has 33 heavy (non-hydrogen) atoms. The first-order chi connectivity index (χ1) is 15.8. The smallest absolute Gasteiger partial charge is 0.269 e. The number of anilines is 1.